The predicted molar refractivity (Wildman–Crippen MR) is 106 cm³/mol. The van der Waals surface area contributed by atoms with E-state index in [0.717, 1.165) is 36.4 Å². The van der Waals surface area contributed by atoms with Gasteiger partial charge in [-0.25, -0.2) is 0 Å². The SMILES string of the molecule is Cc1nc(-c2cccc(OCc3ccc(CN4CCC[C@@H]4CO)cc3)c2)no1. The first kappa shape index (κ1) is 18.7. The van der Waals surface area contributed by atoms with Crippen LogP contribution in [0.25, 0.3) is 11.4 Å². The fourth-order valence-electron chi connectivity index (χ4n) is 3.59. The number of aryl methyl sites for hydroxylation is 1. The smallest absolute Gasteiger partial charge is 0.223 e. The van der Waals surface area contributed by atoms with E-state index in [1.165, 1.54) is 12.0 Å². The highest BCUT2D eigenvalue weighted by molar-refractivity contribution is 5.56. The Kier molecular flexibility index (Phi) is 5.69. The summed E-state index contributed by atoms with van der Waals surface area (Å²) in [6.45, 7) is 4.46. The van der Waals surface area contributed by atoms with Gasteiger partial charge in [0, 0.05) is 25.1 Å². The number of hydrogen-bond donors (Lipinski definition) is 1. The second-order valence-corrected chi connectivity index (χ2v) is 7.22. The number of ether oxygens (including phenoxy) is 1. The molecule has 2 aromatic carbocycles. The van der Waals surface area contributed by atoms with E-state index in [4.69, 9.17) is 9.26 Å². The van der Waals surface area contributed by atoms with Crippen molar-refractivity contribution in [3.05, 3.63) is 65.5 Å². The highest BCUT2D eigenvalue weighted by Gasteiger charge is 2.23. The number of rotatable bonds is 7. The van der Waals surface area contributed by atoms with E-state index in [1.807, 2.05) is 24.3 Å². The lowest BCUT2D eigenvalue weighted by molar-refractivity contribution is 0.153. The monoisotopic (exact) mass is 379 g/mol. The van der Waals surface area contributed by atoms with Crippen LogP contribution >= 0.6 is 0 Å². The molecule has 1 aliphatic rings. The summed E-state index contributed by atoms with van der Waals surface area (Å²) in [7, 11) is 0. The van der Waals surface area contributed by atoms with Gasteiger partial charge in [0.05, 0.1) is 6.61 Å². The van der Waals surface area contributed by atoms with Gasteiger partial charge in [0.1, 0.15) is 12.4 Å². The van der Waals surface area contributed by atoms with E-state index < -0.39 is 0 Å². The van der Waals surface area contributed by atoms with Crippen molar-refractivity contribution in [2.75, 3.05) is 13.2 Å². The molecule has 1 saturated heterocycles. The van der Waals surface area contributed by atoms with Crippen LogP contribution in [-0.4, -0.2) is 39.3 Å². The van der Waals surface area contributed by atoms with Gasteiger partial charge >= 0.3 is 0 Å². The van der Waals surface area contributed by atoms with Crippen molar-refractivity contribution in [3.63, 3.8) is 0 Å². The lowest BCUT2D eigenvalue weighted by Crippen LogP contribution is -2.31. The highest BCUT2D eigenvalue weighted by atomic mass is 16.5. The largest absolute Gasteiger partial charge is 0.489 e. The standard InChI is InChI=1S/C22H25N3O3/c1-16-23-22(24-28-16)19-4-2-6-21(12-19)27-15-18-9-7-17(8-10-18)13-25-11-3-5-20(25)14-26/h2,4,6-10,12,20,26H,3,5,11,13-15H2,1H3/t20-/m1/s1. The quantitative estimate of drug-likeness (QED) is 0.677. The van der Waals surface area contributed by atoms with Gasteiger partial charge in [-0.15, -0.1) is 0 Å². The molecule has 1 fully saturated rings. The molecular weight excluding hydrogens is 354 g/mol. The zero-order valence-corrected chi connectivity index (χ0v) is 16.0. The molecule has 0 radical (unpaired) electrons. The van der Waals surface area contributed by atoms with Crippen molar-refractivity contribution < 1.29 is 14.4 Å². The molecule has 4 rings (SSSR count). The summed E-state index contributed by atoms with van der Waals surface area (Å²) in [6.07, 6.45) is 2.25. The van der Waals surface area contributed by atoms with Crippen LogP contribution in [-0.2, 0) is 13.2 Å². The van der Waals surface area contributed by atoms with E-state index in [2.05, 4.69) is 39.3 Å². The highest BCUT2D eigenvalue weighted by Crippen LogP contribution is 2.23. The van der Waals surface area contributed by atoms with Crippen LogP contribution in [0, 0.1) is 6.92 Å². The summed E-state index contributed by atoms with van der Waals surface area (Å²) in [5.74, 6) is 1.88. The molecule has 0 saturated carbocycles. The topological polar surface area (TPSA) is 71.6 Å². The summed E-state index contributed by atoms with van der Waals surface area (Å²) in [5, 5.41) is 13.4. The molecular formula is C22H25N3O3. The lowest BCUT2D eigenvalue weighted by Gasteiger charge is -2.22. The van der Waals surface area contributed by atoms with Crippen molar-refractivity contribution in [1.82, 2.24) is 15.0 Å². The minimum absolute atomic E-state index is 0.244. The summed E-state index contributed by atoms with van der Waals surface area (Å²) in [4.78, 5) is 6.61. The van der Waals surface area contributed by atoms with Crippen molar-refractivity contribution in [1.29, 1.82) is 0 Å². The minimum Gasteiger partial charge on any atom is -0.489 e. The molecule has 2 heterocycles. The molecule has 0 unspecified atom stereocenters. The molecule has 1 aliphatic heterocycles. The molecule has 0 amide bonds. The van der Waals surface area contributed by atoms with Crippen molar-refractivity contribution in [2.24, 2.45) is 0 Å². The third-order valence-corrected chi connectivity index (χ3v) is 5.14. The Morgan fingerprint density at radius 2 is 2.00 bits per heavy atom. The molecule has 3 aromatic rings. The minimum atomic E-state index is 0.244. The third kappa shape index (κ3) is 4.40. The third-order valence-electron chi connectivity index (χ3n) is 5.14. The van der Waals surface area contributed by atoms with Gasteiger partial charge in [0.25, 0.3) is 0 Å². The van der Waals surface area contributed by atoms with Crippen molar-refractivity contribution in [2.45, 2.75) is 39.0 Å². The number of nitrogens with zero attached hydrogens (tertiary/aromatic N) is 3. The molecule has 1 N–H and O–H groups in total. The predicted octanol–water partition coefficient (Wildman–Crippen LogP) is 3.58. The maximum atomic E-state index is 9.46. The second kappa shape index (κ2) is 8.54. The average Bonchev–Trinajstić information content (AvgIpc) is 3.36. The van der Waals surface area contributed by atoms with Crippen LogP contribution in [0.15, 0.2) is 53.1 Å². The molecule has 6 nitrogen and oxygen atoms in total. The normalized spacial score (nSPS) is 17.1. The zero-order valence-electron chi connectivity index (χ0n) is 16.0. The van der Waals surface area contributed by atoms with Gasteiger partial charge in [0.15, 0.2) is 0 Å². The summed E-state index contributed by atoms with van der Waals surface area (Å²) >= 11 is 0. The number of likely N-dealkylation sites (tertiary alicyclic amines) is 1. The van der Waals surface area contributed by atoms with Gasteiger partial charge in [-0.2, -0.15) is 4.98 Å². The fraction of sp³-hybridized carbons (Fsp3) is 0.364. The Hall–Kier alpha value is -2.70. The Balaban J connectivity index is 1.35. The first-order chi connectivity index (χ1) is 13.7. The first-order valence-electron chi connectivity index (χ1n) is 9.67. The number of benzene rings is 2. The zero-order chi connectivity index (χ0) is 19.3. The van der Waals surface area contributed by atoms with Crippen LogP contribution in [0.5, 0.6) is 5.75 Å². The van der Waals surface area contributed by atoms with Gasteiger partial charge in [-0.05, 0) is 42.6 Å². The Morgan fingerprint density at radius 3 is 2.75 bits per heavy atom. The molecule has 146 valence electrons. The Labute approximate surface area is 164 Å². The molecule has 0 bridgehead atoms. The number of aliphatic hydroxyl groups excluding tert-OH is 1. The van der Waals surface area contributed by atoms with Crippen LogP contribution < -0.4 is 4.74 Å². The van der Waals surface area contributed by atoms with Crippen molar-refractivity contribution in [3.8, 4) is 17.1 Å². The van der Waals surface area contributed by atoms with Crippen LogP contribution in [0.4, 0.5) is 0 Å². The molecule has 28 heavy (non-hydrogen) atoms. The first-order valence-corrected chi connectivity index (χ1v) is 9.67. The Morgan fingerprint density at radius 1 is 1.18 bits per heavy atom. The molecule has 0 spiro atoms. The van der Waals surface area contributed by atoms with Crippen LogP contribution in [0.1, 0.15) is 29.9 Å². The summed E-state index contributed by atoms with van der Waals surface area (Å²) in [6, 6.07) is 16.5. The van der Waals surface area contributed by atoms with E-state index in [9.17, 15) is 5.11 Å². The fourth-order valence-corrected chi connectivity index (χ4v) is 3.59. The summed E-state index contributed by atoms with van der Waals surface area (Å²) in [5.41, 5.74) is 3.25. The molecule has 0 aliphatic carbocycles. The van der Waals surface area contributed by atoms with E-state index in [1.54, 1.807) is 6.92 Å². The Bertz CT molecular complexity index is 907. The van der Waals surface area contributed by atoms with Gasteiger partial charge in [-0.3, -0.25) is 4.90 Å². The lowest BCUT2D eigenvalue weighted by atomic mass is 10.1. The number of hydrogen-bond acceptors (Lipinski definition) is 6. The van der Waals surface area contributed by atoms with E-state index >= 15 is 0 Å². The molecule has 1 aromatic heterocycles. The summed E-state index contributed by atoms with van der Waals surface area (Å²) < 4.78 is 11.0. The van der Waals surface area contributed by atoms with E-state index in [-0.39, 0.29) is 6.61 Å². The van der Waals surface area contributed by atoms with Gasteiger partial charge in [0.2, 0.25) is 11.7 Å². The van der Waals surface area contributed by atoms with Crippen molar-refractivity contribution >= 4 is 0 Å². The number of aromatic nitrogens is 2. The number of aliphatic hydroxyl groups is 1. The maximum Gasteiger partial charge on any atom is 0.223 e. The molecule has 1 atom stereocenters. The van der Waals surface area contributed by atoms with E-state index in [0.29, 0.717) is 24.4 Å². The van der Waals surface area contributed by atoms with Gasteiger partial charge in [-0.1, -0.05) is 41.6 Å². The molecule has 6 heteroatoms. The van der Waals surface area contributed by atoms with Crippen LogP contribution in [0.3, 0.4) is 0 Å². The van der Waals surface area contributed by atoms with Gasteiger partial charge < -0.3 is 14.4 Å². The average molecular weight is 379 g/mol. The second-order valence-electron chi connectivity index (χ2n) is 7.22. The maximum absolute atomic E-state index is 9.46. The van der Waals surface area contributed by atoms with Crippen LogP contribution in [0.2, 0.25) is 0 Å².